The molecule has 74 valence electrons. The quantitative estimate of drug-likeness (QED) is 0.667. The van der Waals surface area contributed by atoms with Gasteiger partial charge in [0.1, 0.15) is 12.6 Å². The number of benzene rings is 1. The summed E-state index contributed by atoms with van der Waals surface area (Å²) >= 11 is 0. The lowest BCUT2D eigenvalue weighted by atomic mass is 9.92. The number of hydrogen-bond acceptors (Lipinski definition) is 2. The molecular weight excluding hydrogens is 176 g/mol. The second-order valence-electron chi connectivity index (χ2n) is 3.34. The molecule has 2 heteroatoms. The van der Waals surface area contributed by atoms with Crippen molar-refractivity contribution in [3.8, 4) is 0 Å². The Labute approximate surface area is 83.9 Å². The van der Waals surface area contributed by atoms with Crippen LogP contribution >= 0.6 is 0 Å². The van der Waals surface area contributed by atoms with E-state index in [1.807, 2.05) is 31.2 Å². The van der Waals surface area contributed by atoms with E-state index in [1.54, 1.807) is 0 Å². The van der Waals surface area contributed by atoms with Crippen molar-refractivity contribution in [2.24, 2.45) is 0 Å². The van der Waals surface area contributed by atoms with Crippen LogP contribution in [0.5, 0.6) is 0 Å². The molecular formula is C12H14O2. The predicted molar refractivity (Wildman–Crippen MR) is 55.3 cm³/mol. The van der Waals surface area contributed by atoms with Gasteiger partial charge in [0.15, 0.2) is 0 Å². The standard InChI is InChI=1S/C12H14O2/c1-10-5-2-3-7-12(10)11(9-14)6-4-8-13/h2-3,5,7-9,11H,4,6H2,1H3. The fourth-order valence-corrected chi connectivity index (χ4v) is 1.55. The van der Waals surface area contributed by atoms with Crippen LogP contribution in [0.2, 0.25) is 0 Å². The van der Waals surface area contributed by atoms with E-state index in [9.17, 15) is 9.59 Å². The summed E-state index contributed by atoms with van der Waals surface area (Å²) < 4.78 is 0. The average molecular weight is 190 g/mol. The molecule has 1 aromatic carbocycles. The highest BCUT2D eigenvalue weighted by Crippen LogP contribution is 2.21. The molecule has 0 saturated heterocycles. The first kappa shape index (κ1) is 10.6. The SMILES string of the molecule is Cc1ccccc1C(C=O)CCC=O. The summed E-state index contributed by atoms with van der Waals surface area (Å²) in [6.07, 6.45) is 2.83. The van der Waals surface area contributed by atoms with Crippen molar-refractivity contribution >= 4 is 12.6 Å². The Hall–Kier alpha value is -1.44. The van der Waals surface area contributed by atoms with E-state index in [0.717, 1.165) is 23.7 Å². The van der Waals surface area contributed by atoms with E-state index >= 15 is 0 Å². The molecule has 0 aliphatic carbocycles. The minimum atomic E-state index is -0.138. The van der Waals surface area contributed by atoms with Crippen LogP contribution in [0.25, 0.3) is 0 Å². The van der Waals surface area contributed by atoms with Gasteiger partial charge < -0.3 is 9.59 Å². The number of aryl methyl sites for hydroxylation is 1. The summed E-state index contributed by atoms with van der Waals surface area (Å²) in [4.78, 5) is 21.1. The average Bonchev–Trinajstić information content (AvgIpc) is 2.21. The first-order valence-electron chi connectivity index (χ1n) is 4.74. The largest absolute Gasteiger partial charge is 0.303 e. The van der Waals surface area contributed by atoms with Gasteiger partial charge in [0.25, 0.3) is 0 Å². The van der Waals surface area contributed by atoms with E-state index in [2.05, 4.69) is 0 Å². The lowest BCUT2D eigenvalue weighted by molar-refractivity contribution is -0.109. The highest BCUT2D eigenvalue weighted by Gasteiger charge is 2.11. The smallest absolute Gasteiger partial charge is 0.127 e. The molecule has 0 aliphatic heterocycles. The van der Waals surface area contributed by atoms with Crippen molar-refractivity contribution in [3.05, 3.63) is 35.4 Å². The monoisotopic (exact) mass is 190 g/mol. The second kappa shape index (κ2) is 5.32. The molecule has 14 heavy (non-hydrogen) atoms. The van der Waals surface area contributed by atoms with Gasteiger partial charge >= 0.3 is 0 Å². The van der Waals surface area contributed by atoms with E-state index < -0.39 is 0 Å². The molecule has 0 radical (unpaired) electrons. The minimum absolute atomic E-state index is 0.138. The van der Waals surface area contributed by atoms with Crippen LogP contribution in [-0.4, -0.2) is 12.6 Å². The van der Waals surface area contributed by atoms with Gasteiger partial charge in [-0.2, -0.15) is 0 Å². The van der Waals surface area contributed by atoms with Gasteiger partial charge in [-0.05, 0) is 24.5 Å². The summed E-state index contributed by atoms with van der Waals surface area (Å²) in [6, 6.07) is 7.78. The molecule has 0 amide bonds. The zero-order valence-corrected chi connectivity index (χ0v) is 8.27. The molecule has 0 N–H and O–H groups in total. The Bertz CT molecular complexity index is 318. The molecule has 1 aromatic rings. The van der Waals surface area contributed by atoms with Gasteiger partial charge in [-0.3, -0.25) is 0 Å². The maximum Gasteiger partial charge on any atom is 0.127 e. The molecule has 0 fully saturated rings. The number of carbonyl (C=O) groups is 2. The summed E-state index contributed by atoms with van der Waals surface area (Å²) in [6.45, 7) is 1.98. The lowest BCUT2D eigenvalue weighted by Gasteiger charge is -2.11. The third kappa shape index (κ3) is 2.52. The predicted octanol–water partition coefficient (Wildman–Crippen LogP) is 2.26. The van der Waals surface area contributed by atoms with E-state index in [-0.39, 0.29) is 5.92 Å². The van der Waals surface area contributed by atoms with Crippen molar-refractivity contribution in [1.29, 1.82) is 0 Å². The zero-order valence-electron chi connectivity index (χ0n) is 8.27. The van der Waals surface area contributed by atoms with Crippen LogP contribution < -0.4 is 0 Å². The Morgan fingerprint density at radius 3 is 2.57 bits per heavy atom. The highest BCUT2D eigenvalue weighted by atomic mass is 16.1. The summed E-state index contributed by atoms with van der Waals surface area (Å²) in [7, 11) is 0. The van der Waals surface area contributed by atoms with Crippen molar-refractivity contribution in [3.63, 3.8) is 0 Å². The van der Waals surface area contributed by atoms with Crippen molar-refractivity contribution in [2.75, 3.05) is 0 Å². The molecule has 0 spiro atoms. The van der Waals surface area contributed by atoms with Crippen LogP contribution in [-0.2, 0) is 9.59 Å². The number of rotatable bonds is 5. The number of carbonyl (C=O) groups excluding carboxylic acids is 2. The summed E-state index contributed by atoms with van der Waals surface area (Å²) in [5.41, 5.74) is 2.14. The Balaban J connectivity index is 2.83. The molecule has 0 aliphatic rings. The number of hydrogen-bond donors (Lipinski definition) is 0. The summed E-state index contributed by atoms with van der Waals surface area (Å²) in [5, 5.41) is 0. The molecule has 0 saturated carbocycles. The number of aldehydes is 2. The lowest BCUT2D eigenvalue weighted by Crippen LogP contribution is -2.02. The van der Waals surface area contributed by atoms with E-state index in [4.69, 9.17) is 0 Å². The van der Waals surface area contributed by atoms with E-state index in [1.165, 1.54) is 0 Å². The van der Waals surface area contributed by atoms with Crippen molar-refractivity contribution in [1.82, 2.24) is 0 Å². The van der Waals surface area contributed by atoms with Gasteiger partial charge in [-0.25, -0.2) is 0 Å². The third-order valence-corrected chi connectivity index (χ3v) is 2.35. The first-order chi connectivity index (χ1) is 6.79. The van der Waals surface area contributed by atoms with Gasteiger partial charge in [0, 0.05) is 12.3 Å². The van der Waals surface area contributed by atoms with Crippen LogP contribution in [0.1, 0.15) is 29.9 Å². The summed E-state index contributed by atoms with van der Waals surface area (Å²) in [5.74, 6) is -0.138. The molecule has 1 unspecified atom stereocenters. The maximum atomic E-state index is 10.8. The molecule has 1 atom stereocenters. The molecule has 1 rings (SSSR count). The van der Waals surface area contributed by atoms with Crippen LogP contribution in [0.15, 0.2) is 24.3 Å². The van der Waals surface area contributed by atoms with E-state index in [0.29, 0.717) is 12.8 Å². The minimum Gasteiger partial charge on any atom is -0.303 e. The second-order valence-corrected chi connectivity index (χ2v) is 3.34. The first-order valence-corrected chi connectivity index (χ1v) is 4.74. The fourth-order valence-electron chi connectivity index (χ4n) is 1.55. The Morgan fingerprint density at radius 2 is 2.00 bits per heavy atom. The van der Waals surface area contributed by atoms with Crippen LogP contribution in [0.3, 0.4) is 0 Å². The molecule has 0 heterocycles. The molecule has 0 bridgehead atoms. The Morgan fingerprint density at radius 1 is 1.29 bits per heavy atom. The zero-order chi connectivity index (χ0) is 10.4. The normalized spacial score (nSPS) is 12.1. The van der Waals surface area contributed by atoms with Gasteiger partial charge in [0.05, 0.1) is 0 Å². The van der Waals surface area contributed by atoms with Crippen LogP contribution in [0.4, 0.5) is 0 Å². The molecule has 2 nitrogen and oxygen atoms in total. The van der Waals surface area contributed by atoms with Gasteiger partial charge in [-0.15, -0.1) is 0 Å². The highest BCUT2D eigenvalue weighted by molar-refractivity contribution is 5.64. The van der Waals surface area contributed by atoms with Crippen LogP contribution in [0, 0.1) is 6.92 Å². The maximum absolute atomic E-state index is 10.8. The van der Waals surface area contributed by atoms with Crippen molar-refractivity contribution in [2.45, 2.75) is 25.7 Å². The van der Waals surface area contributed by atoms with Gasteiger partial charge in [0.2, 0.25) is 0 Å². The van der Waals surface area contributed by atoms with Gasteiger partial charge in [-0.1, -0.05) is 24.3 Å². The van der Waals surface area contributed by atoms with Crippen molar-refractivity contribution < 1.29 is 9.59 Å². The molecule has 0 aromatic heterocycles. The Kier molecular flexibility index (Phi) is 4.05. The third-order valence-electron chi connectivity index (χ3n) is 2.35. The fraction of sp³-hybridized carbons (Fsp3) is 0.333. The topological polar surface area (TPSA) is 34.1 Å².